The molecule has 0 saturated heterocycles. The second-order valence-electron chi connectivity index (χ2n) is 7.24. The van der Waals surface area contributed by atoms with Crippen molar-refractivity contribution in [2.75, 3.05) is 17.9 Å². The van der Waals surface area contributed by atoms with E-state index in [-0.39, 0.29) is 15.8 Å². The predicted octanol–water partition coefficient (Wildman–Crippen LogP) is 3.11. The Bertz CT molecular complexity index is 1280. The number of aromatic amines is 1. The highest BCUT2D eigenvalue weighted by molar-refractivity contribution is 7.92. The van der Waals surface area contributed by atoms with Crippen LogP contribution >= 0.6 is 0 Å². The predicted molar refractivity (Wildman–Crippen MR) is 119 cm³/mol. The number of sulfonamides is 1. The summed E-state index contributed by atoms with van der Waals surface area (Å²) in [7, 11) is -2.42. The van der Waals surface area contributed by atoms with Gasteiger partial charge in [0.1, 0.15) is 5.56 Å². The van der Waals surface area contributed by atoms with Crippen LogP contribution in [0.5, 0.6) is 0 Å². The summed E-state index contributed by atoms with van der Waals surface area (Å²) < 4.78 is 27.5. The van der Waals surface area contributed by atoms with Gasteiger partial charge in [-0.1, -0.05) is 13.0 Å². The topological polar surface area (TPSA) is 99.3 Å². The van der Waals surface area contributed by atoms with Crippen LogP contribution in [0.2, 0.25) is 0 Å². The first kappa shape index (κ1) is 21.6. The van der Waals surface area contributed by atoms with E-state index >= 15 is 0 Å². The number of anilines is 1. The summed E-state index contributed by atoms with van der Waals surface area (Å²) in [5.41, 5.74) is 2.47. The molecule has 0 spiro atoms. The highest BCUT2D eigenvalue weighted by atomic mass is 32.2. The minimum absolute atomic E-state index is 0.0210. The lowest BCUT2D eigenvalue weighted by atomic mass is 10.1. The molecule has 3 rings (SSSR count). The van der Waals surface area contributed by atoms with Gasteiger partial charge in [0, 0.05) is 30.7 Å². The Morgan fingerprint density at radius 2 is 1.83 bits per heavy atom. The van der Waals surface area contributed by atoms with E-state index in [1.165, 1.54) is 35.7 Å². The molecule has 0 bridgehead atoms. The Kier molecular flexibility index (Phi) is 5.98. The lowest BCUT2D eigenvalue weighted by molar-refractivity contribution is 0.0952. The minimum atomic E-state index is -3.90. The van der Waals surface area contributed by atoms with Crippen molar-refractivity contribution in [3.63, 3.8) is 0 Å². The zero-order valence-corrected chi connectivity index (χ0v) is 18.3. The fourth-order valence-corrected chi connectivity index (χ4v) is 4.29. The molecule has 0 unspecified atom stereocenters. The number of carbonyl (C=O) groups is 1. The van der Waals surface area contributed by atoms with Gasteiger partial charge in [-0.25, -0.2) is 8.42 Å². The summed E-state index contributed by atoms with van der Waals surface area (Å²) in [6.45, 7) is 6.23. The molecule has 0 saturated carbocycles. The third-order valence-corrected chi connectivity index (χ3v) is 6.93. The molecule has 1 amide bonds. The van der Waals surface area contributed by atoms with Crippen LogP contribution in [0.4, 0.5) is 5.69 Å². The third kappa shape index (κ3) is 3.95. The second-order valence-corrected chi connectivity index (χ2v) is 9.21. The lowest BCUT2D eigenvalue weighted by Gasteiger charge is -2.20. The molecule has 2 aromatic carbocycles. The molecule has 0 aliphatic carbocycles. The number of rotatable bonds is 6. The molecule has 0 atom stereocenters. The second kappa shape index (κ2) is 8.31. The summed E-state index contributed by atoms with van der Waals surface area (Å²) in [6, 6.07) is 9.70. The Balaban J connectivity index is 2.06. The average Bonchev–Trinajstić information content (AvgIpc) is 2.73. The van der Waals surface area contributed by atoms with E-state index in [2.05, 4.69) is 10.3 Å². The Hall–Kier alpha value is -3.13. The molecule has 30 heavy (non-hydrogen) atoms. The molecule has 0 aliphatic heterocycles. The molecule has 158 valence electrons. The van der Waals surface area contributed by atoms with E-state index in [1.807, 2.05) is 26.8 Å². The van der Waals surface area contributed by atoms with Crippen molar-refractivity contribution in [1.82, 2.24) is 10.3 Å². The zero-order chi connectivity index (χ0) is 22.1. The third-order valence-electron chi connectivity index (χ3n) is 5.14. The van der Waals surface area contributed by atoms with Crippen molar-refractivity contribution in [3.8, 4) is 0 Å². The number of nitrogens with one attached hydrogen (secondary N) is 2. The number of fused-ring (bicyclic) bond motifs is 1. The summed E-state index contributed by atoms with van der Waals surface area (Å²) in [6.07, 6.45) is 2.09. The number of carbonyl (C=O) groups excluding carboxylic acids is 1. The number of aryl methyl sites for hydroxylation is 2. The van der Waals surface area contributed by atoms with Gasteiger partial charge >= 0.3 is 0 Å². The summed E-state index contributed by atoms with van der Waals surface area (Å²) in [5.74, 6) is -0.486. The fraction of sp³-hybridized carbons (Fsp3) is 0.273. The van der Waals surface area contributed by atoms with E-state index in [9.17, 15) is 18.0 Å². The van der Waals surface area contributed by atoms with Gasteiger partial charge in [-0.2, -0.15) is 0 Å². The number of pyridine rings is 1. The van der Waals surface area contributed by atoms with Crippen LogP contribution in [0.25, 0.3) is 10.9 Å². The molecule has 8 heteroatoms. The fourth-order valence-electron chi connectivity index (χ4n) is 3.08. The monoisotopic (exact) mass is 427 g/mol. The smallest absolute Gasteiger partial charge is 0.264 e. The van der Waals surface area contributed by atoms with Crippen molar-refractivity contribution >= 4 is 32.5 Å². The molecule has 1 aromatic heterocycles. The first-order valence-electron chi connectivity index (χ1n) is 9.66. The van der Waals surface area contributed by atoms with Crippen LogP contribution in [0.15, 0.2) is 52.3 Å². The number of benzene rings is 2. The van der Waals surface area contributed by atoms with Gasteiger partial charge in [-0.05, 0) is 61.7 Å². The number of H-pyrrole nitrogens is 1. The maximum absolute atomic E-state index is 13.2. The van der Waals surface area contributed by atoms with Crippen LogP contribution in [0, 0.1) is 13.8 Å². The molecule has 7 nitrogen and oxygen atoms in total. The van der Waals surface area contributed by atoms with Crippen LogP contribution in [-0.2, 0) is 10.0 Å². The number of aromatic nitrogens is 1. The van der Waals surface area contributed by atoms with Crippen molar-refractivity contribution in [2.24, 2.45) is 0 Å². The van der Waals surface area contributed by atoms with E-state index in [0.717, 1.165) is 17.5 Å². The van der Waals surface area contributed by atoms with Crippen molar-refractivity contribution in [3.05, 3.63) is 69.5 Å². The molecule has 2 N–H and O–H groups in total. The summed E-state index contributed by atoms with van der Waals surface area (Å²) >= 11 is 0. The first-order valence-corrected chi connectivity index (χ1v) is 11.1. The maximum atomic E-state index is 13.2. The van der Waals surface area contributed by atoms with Gasteiger partial charge < -0.3 is 10.3 Å². The lowest BCUT2D eigenvalue weighted by Crippen LogP contribution is -2.29. The number of hydrogen-bond donors (Lipinski definition) is 2. The molecular formula is C22H25N3O4S. The van der Waals surface area contributed by atoms with Gasteiger partial charge in [0.15, 0.2) is 0 Å². The largest absolute Gasteiger partial charge is 0.360 e. The van der Waals surface area contributed by atoms with Gasteiger partial charge in [-0.15, -0.1) is 0 Å². The van der Waals surface area contributed by atoms with Gasteiger partial charge in [0.2, 0.25) is 5.43 Å². The number of hydrogen-bond acceptors (Lipinski definition) is 4. The van der Waals surface area contributed by atoms with Gasteiger partial charge in [0.05, 0.1) is 10.6 Å². The van der Waals surface area contributed by atoms with E-state index < -0.39 is 21.4 Å². The highest BCUT2D eigenvalue weighted by Crippen LogP contribution is 2.25. The van der Waals surface area contributed by atoms with E-state index in [4.69, 9.17) is 0 Å². The molecular weight excluding hydrogens is 402 g/mol. The van der Waals surface area contributed by atoms with Crippen LogP contribution in [0.3, 0.4) is 0 Å². The van der Waals surface area contributed by atoms with Gasteiger partial charge in [0.25, 0.3) is 15.9 Å². The Morgan fingerprint density at radius 1 is 1.10 bits per heavy atom. The van der Waals surface area contributed by atoms with Crippen molar-refractivity contribution in [2.45, 2.75) is 32.1 Å². The standard InChI is InChI=1S/C22H25N3O4S/c1-5-10-23-22(27)19-13-24-20-9-8-17(12-18(20)21(19)26)30(28,29)25(4)16-7-6-14(2)15(3)11-16/h6-9,11-13H,5,10H2,1-4H3,(H,23,27)(H,24,26). The van der Waals surface area contributed by atoms with E-state index in [0.29, 0.717) is 17.7 Å². The van der Waals surface area contributed by atoms with Crippen LogP contribution < -0.4 is 15.1 Å². The normalized spacial score (nSPS) is 11.5. The summed E-state index contributed by atoms with van der Waals surface area (Å²) in [5, 5.41) is 2.81. The number of amides is 1. The minimum Gasteiger partial charge on any atom is -0.360 e. The van der Waals surface area contributed by atoms with Crippen molar-refractivity contribution < 1.29 is 13.2 Å². The quantitative estimate of drug-likeness (QED) is 0.631. The van der Waals surface area contributed by atoms with Crippen LogP contribution in [0.1, 0.15) is 34.8 Å². The molecule has 3 aromatic rings. The molecule has 1 heterocycles. The summed E-state index contributed by atoms with van der Waals surface area (Å²) in [4.78, 5) is 28.0. The first-order chi connectivity index (χ1) is 14.2. The maximum Gasteiger partial charge on any atom is 0.264 e. The molecule has 0 radical (unpaired) electrons. The van der Waals surface area contributed by atoms with Crippen LogP contribution in [-0.4, -0.2) is 32.9 Å². The van der Waals surface area contributed by atoms with Crippen molar-refractivity contribution in [1.29, 1.82) is 0 Å². The zero-order valence-electron chi connectivity index (χ0n) is 17.4. The average molecular weight is 428 g/mol. The Labute approximate surface area is 175 Å². The molecule has 0 aliphatic rings. The SMILES string of the molecule is CCCNC(=O)c1c[nH]c2ccc(S(=O)(=O)N(C)c3ccc(C)c(C)c3)cc2c1=O. The van der Waals surface area contributed by atoms with Gasteiger partial charge in [-0.3, -0.25) is 13.9 Å². The number of nitrogens with zero attached hydrogens (tertiary/aromatic N) is 1. The van der Waals surface area contributed by atoms with E-state index in [1.54, 1.807) is 12.1 Å². The molecule has 0 fully saturated rings. The Morgan fingerprint density at radius 3 is 2.50 bits per heavy atom. The highest BCUT2D eigenvalue weighted by Gasteiger charge is 2.23.